The average Bonchev–Trinajstić information content (AvgIpc) is 3.30. The highest BCUT2D eigenvalue weighted by Crippen LogP contribution is 2.23. The van der Waals surface area contributed by atoms with E-state index in [-0.39, 0.29) is 12.6 Å². The number of esters is 1. The molecule has 4 aromatic rings. The van der Waals surface area contributed by atoms with Crippen LogP contribution in [0.4, 0.5) is 0 Å². The molecule has 0 saturated heterocycles. The van der Waals surface area contributed by atoms with E-state index < -0.39 is 11.9 Å². The van der Waals surface area contributed by atoms with Crippen molar-refractivity contribution < 1.29 is 18.7 Å². The lowest BCUT2D eigenvalue weighted by Gasteiger charge is -2.11. The van der Waals surface area contributed by atoms with Gasteiger partial charge >= 0.3 is 5.97 Å². The molecule has 0 spiro atoms. The van der Waals surface area contributed by atoms with Crippen LogP contribution in [0.2, 0.25) is 0 Å². The minimum atomic E-state index is -0.572. The highest BCUT2D eigenvalue weighted by molar-refractivity contribution is 5.95. The van der Waals surface area contributed by atoms with E-state index in [2.05, 4.69) is 10.3 Å². The normalized spacial score (nSPS) is 12.2. The summed E-state index contributed by atoms with van der Waals surface area (Å²) in [4.78, 5) is 27.2. The summed E-state index contributed by atoms with van der Waals surface area (Å²) in [6.07, 6.45) is 0. The van der Waals surface area contributed by atoms with Gasteiger partial charge in [-0.1, -0.05) is 36.4 Å². The Labute approximate surface area is 155 Å². The Morgan fingerprint density at radius 3 is 2.59 bits per heavy atom. The number of nitrogens with one attached hydrogen (secondary N) is 2. The summed E-state index contributed by atoms with van der Waals surface area (Å²) in [6.45, 7) is 1.45. The second kappa shape index (κ2) is 6.99. The van der Waals surface area contributed by atoms with Gasteiger partial charge in [0.25, 0.3) is 5.91 Å². The number of H-pyrrole nitrogens is 1. The lowest BCUT2D eigenvalue weighted by Crippen LogP contribution is -2.31. The molecule has 0 unspecified atom stereocenters. The molecule has 1 atom stereocenters. The number of aromatic amines is 1. The van der Waals surface area contributed by atoms with Crippen molar-refractivity contribution in [1.82, 2.24) is 10.3 Å². The van der Waals surface area contributed by atoms with Crippen LogP contribution in [0.15, 0.2) is 65.1 Å². The molecule has 2 aromatic carbocycles. The van der Waals surface area contributed by atoms with Crippen LogP contribution in [0.25, 0.3) is 21.9 Å². The summed E-state index contributed by atoms with van der Waals surface area (Å²) in [7, 11) is 0. The number of para-hydroxylation sites is 2. The van der Waals surface area contributed by atoms with Crippen LogP contribution in [0.5, 0.6) is 0 Å². The molecular weight excluding hydrogens is 344 g/mol. The van der Waals surface area contributed by atoms with Crippen LogP contribution in [0, 0.1) is 0 Å². The third-order valence-electron chi connectivity index (χ3n) is 4.33. The van der Waals surface area contributed by atoms with Gasteiger partial charge in [0.2, 0.25) is 0 Å². The maximum Gasteiger partial charge on any atom is 0.355 e. The van der Waals surface area contributed by atoms with E-state index in [1.54, 1.807) is 6.07 Å². The molecule has 27 heavy (non-hydrogen) atoms. The number of carbonyl (C=O) groups excluding carboxylic acids is 2. The Balaban J connectivity index is 1.35. The van der Waals surface area contributed by atoms with Gasteiger partial charge in [-0.3, -0.25) is 4.79 Å². The summed E-state index contributed by atoms with van der Waals surface area (Å²) >= 11 is 0. The molecule has 0 saturated carbocycles. The largest absolute Gasteiger partial charge is 0.459 e. The van der Waals surface area contributed by atoms with Crippen LogP contribution >= 0.6 is 0 Å². The van der Waals surface area contributed by atoms with Crippen molar-refractivity contribution in [1.29, 1.82) is 0 Å². The van der Waals surface area contributed by atoms with Crippen molar-refractivity contribution in [2.75, 3.05) is 6.61 Å². The van der Waals surface area contributed by atoms with Gasteiger partial charge in [-0.05, 0) is 31.2 Å². The molecule has 2 N–H and O–H groups in total. The second-order valence-electron chi connectivity index (χ2n) is 6.32. The smallest absolute Gasteiger partial charge is 0.355 e. The highest BCUT2D eigenvalue weighted by Gasteiger charge is 2.17. The number of benzene rings is 2. The topological polar surface area (TPSA) is 84.3 Å². The molecule has 4 rings (SSSR count). The van der Waals surface area contributed by atoms with E-state index in [9.17, 15) is 9.59 Å². The number of ether oxygens (including phenoxy) is 1. The van der Waals surface area contributed by atoms with Crippen molar-refractivity contribution in [3.05, 3.63) is 72.1 Å². The summed E-state index contributed by atoms with van der Waals surface area (Å²) in [6, 6.07) is 18.4. The Morgan fingerprint density at radius 2 is 1.81 bits per heavy atom. The number of amides is 1. The van der Waals surface area contributed by atoms with Gasteiger partial charge in [-0.2, -0.15) is 0 Å². The van der Waals surface area contributed by atoms with Crippen LogP contribution < -0.4 is 5.32 Å². The predicted molar refractivity (Wildman–Crippen MR) is 101 cm³/mol. The zero-order valence-corrected chi connectivity index (χ0v) is 14.7. The van der Waals surface area contributed by atoms with Crippen molar-refractivity contribution in [3.63, 3.8) is 0 Å². The lowest BCUT2D eigenvalue weighted by atomic mass is 10.2. The van der Waals surface area contributed by atoms with Crippen LogP contribution in [-0.4, -0.2) is 23.5 Å². The van der Waals surface area contributed by atoms with Gasteiger partial charge in [-0.25, -0.2) is 4.79 Å². The minimum absolute atomic E-state index is 0.314. The molecule has 2 aromatic heterocycles. The SMILES string of the molecule is C[C@H](NC(=O)COC(=O)c1cc2ccccc2[nH]1)c1cc2ccccc2o1. The second-order valence-corrected chi connectivity index (χ2v) is 6.32. The van der Waals surface area contributed by atoms with Crippen LogP contribution in [0.1, 0.15) is 29.2 Å². The van der Waals surface area contributed by atoms with E-state index >= 15 is 0 Å². The van der Waals surface area contributed by atoms with Crippen LogP contribution in [0.3, 0.4) is 0 Å². The van der Waals surface area contributed by atoms with Crippen LogP contribution in [-0.2, 0) is 9.53 Å². The first-order valence-corrected chi connectivity index (χ1v) is 8.63. The molecule has 0 fully saturated rings. The van der Waals surface area contributed by atoms with Gasteiger partial charge in [0, 0.05) is 16.3 Å². The Kier molecular flexibility index (Phi) is 4.38. The summed E-state index contributed by atoms with van der Waals surface area (Å²) in [5.74, 6) is -0.323. The number of hydrogen-bond donors (Lipinski definition) is 2. The molecule has 136 valence electrons. The van der Waals surface area contributed by atoms with E-state index in [1.807, 2.05) is 61.5 Å². The fourth-order valence-electron chi connectivity index (χ4n) is 2.96. The molecule has 0 aliphatic heterocycles. The molecule has 0 aliphatic rings. The molecule has 6 nitrogen and oxygen atoms in total. The number of aromatic nitrogens is 1. The third-order valence-corrected chi connectivity index (χ3v) is 4.33. The average molecular weight is 362 g/mol. The van der Waals surface area contributed by atoms with Gasteiger partial charge < -0.3 is 19.5 Å². The van der Waals surface area contributed by atoms with Gasteiger partial charge in [0.1, 0.15) is 17.0 Å². The van der Waals surface area contributed by atoms with Crippen molar-refractivity contribution in [2.24, 2.45) is 0 Å². The molecule has 0 aliphatic carbocycles. The van der Waals surface area contributed by atoms with Crippen molar-refractivity contribution >= 4 is 33.7 Å². The van der Waals surface area contributed by atoms with Gasteiger partial charge in [-0.15, -0.1) is 0 Å². The zero-order valence-electron chi connectivity index (χ0n) is 14.7. The predicted octanol–water partition coefficient (Wildman–Crippen LogP) is 3.95. The summed E-state index contributed by atoms with van der Waals surface area (Å²) < 4.78 is 10.8. The van der Waals surface area contributed by atoms with E-state index in [1.165, 1.54) is 0 Å². The van der Waals surface area contributed by atoms with Gasteiger partial charge in [0.15, 0.2) is 6.61 Å². The number of carbonyl (C=O) groups is 2. The molecule has 6 heteroatoms. The first kappa shape index (κ1) is 16.9. The Hall–Kier alpha value is -3.54. The number of hydrogen-bond acceptors (Lipinski definition) is 4. The summed E-state index contributed by atoms with van der Waals surface area (Å²) in [5.41, 5.74) is 1.92. The molecule has 0 radical (unpaired) electrons. The van der Waals surface area contributed by atoms with E-state index in [4.69, 9.17) is 9.15 Å². The maximum absolute atomic E-state index is 12.1. The fraction of sp³-hybridized carbons (Fsp3) is 0.143. The quantitative estimate of drug-likeness (QED) is 0.527. The monoisotopic (exact) mass is 362 g/mol. The number of rotatable bonds is 5. The minimum Gasteiger partial charge on any atom is -0.459 e. The zero-order chi connectivity index (χ0) is 18.8. The standard InChI is InChI=1S/C21H18N2O4/c1-13(19-11-15-7-3-5-9-18(15)27-19)22-20(24)12-26-21(25)17-10-14-6-2-4-8-16(14)23-17/h2-11,13,23H,12H2,1H3,(H,22,24)/t13-/m0/s1. The van der Waals surface area contributed by atoms with E-state index in [0.717, 1.165) is 21.9 Å². The Bertz CT molecular complexity index is 1060. The first-order chi connectivity index (χ1) is 13.1. The van der Waals surface area contributed by atoms with Crippen molar-refractivity contribution in [3.8, 4) is 0 Å². The Morgan fingerprint density at radius 1 is 1.07 bits per heavy atom. The molecule has 1 amide bonds. The molecular formula is C21H18N2O4. The molecule has 0 bridgehead atoms. The van der Waals surface area contributed by atoms with E-state index in [0.29, 0.717) is 11.5 Å². The first-order valence-electron chi connectivity index (χ1n) is 8.63. The fourth-order valence-corrected chi connectivity index (χ4v) is 2.96. The number of fused-ring (bicyclic) bond motifs is 2. The summed E-state index contributed by atoms with van der Waals surface area (Å²) in [5, 5.41) is 4.65. The highest BCUT2D eigenvalue weighted by atomic mass is 16.5. The number of furan rings is 1. The lowest BCUT2D eigenvalue weighted by molar-refractivity contribution is -0.125. The van der Waals surface area contributed by atoms with Crippen molar-refractivity contribution in [2.45, 2.75) is 13.0 Å². The maximum atomic E-state index is 12.1. The molecule has 2 heterocycles. The van der Waals surface area contributed by atoms with Gasteiger partial charge in [0.05, 0.1) is 6.04 Å². The third kappa shape index (κ3) is 3.55.